The zero-order valence-corrected chi connectivity index (χ0v) is 23.3. The highest BCUT2D eigenvalue weighted by atomic mass is 19.4. The fourth-order valence-corrected chi connectivity index (χ4v) is 4.76. The zero-order valence-electron chi connectivity index (χ0n) is 23.3. The lowest BCUT2D eigenvalue weighted by Gasteiger charge is -2.29. The Labute approximate surface area is 236 Å². The fraction of sp³-hybridized carbons (Fsp3) is 0.400. The third-order valence-electron chi connectivity index (χ3n) is 6.65. The van der Waals surface area contributed by atoms with Crippen LogP contribution in [0.2, 0.25) is 0 Å². The molecule has 2 heterocycles. The van der Waals surface area contributed by atoms with Crippen LogP contribution in [0.15, 0.2) is 60.8 Å². The number of anilines is 1. The molecule has 0 aliphatic carbocycles. The Morgan fingerprint density at radius 2 is 1.68 bits per heavy atom. The Hall–Kier alpha value is -4.15. The van der Waals surface area contributed by atoms with E-state index in [1.54, 1.807) is 45.0 Å². The minimum atomic E-state index is -4.52. The average molecular weight is 571 g/mol. The van der Waals surface area contributed by atoms with Crippen molar-refractivity contribution in [2.75, 3.05) is 18.0 Å². The van der Waals surface area contributed by atoms with Crippen LogP contribution in [0.4, 0.5) is 29.3 Å². The number of carbonyl (C=O) groups excluding carboxylic acids is 1. The van der Waals surface area contributed by atoms with Crippen LogP contribution in [0.25, 0.3) is 11.3 Å². The summed E-state index contributed by atoms with van der Waals surface area (Å²) in [5, 5.41) is 11.9. The summed E-state index contributed by atoms with van der Waals surface area (Å²) < 4.78 is 45.5. The highest BCUT2D eigenvalue weighted by Crippen LogP contribution is 2.34. The van der Waals surface area contributed by atoms with Gasteiger partial charge >= 0.3 is 12.3 Å². The number of benzene rings is 2. The van der Waals surface area contributed by atoms with Gasteiger partial charge in [-0.05, 0) is 87.6 Å². The molecule has 1 aliphatic heterocycles. The van der Waals surface area contributed by atoms with Gasteiger partial charge in [-0.25, -0.2) is 4.79 Å². The van der Waals surface area contributed by atoms with E-state index >= 15 is 0 Å². The van der Waals surface area contributed by atoms with Gasteiger partial charge in [0.25, 0.3) is 5.69 Å². The molecule has 11 heteroatoms. The highest BCUT2D eigenvalue weighted by Gasteiger charge is 2.31. The van der Waals surface area contributed by atoms with E-state index in [1.807, 2.05) is 0 Å². The maximum absolute atomic E-state index is 13.3. The van der Waals surface area contributed by atoms with E-state index in [9.17, 15) is 28.1 Å². The number of halogens is 3. The molecular formula is C30H33F3N4O4. The molecule has 0 spiro atoms. The first-order valence-electron chi connectivity index (χ1n) is 13.4. The molecule has 1 aromatic heterocycles. The number of ether oxygens (including phenoxy) is 1. The van der Waals surface area contributed by atoms with Crippen molar-refractivity contribution in [2.24, 2.45) is 0 Å². The quantitative estimate of drug-likeness (QED) is 0.215. The molecule has 0 radical (unpaired) electrons. The van der Waals surface area contributed by atoms with Gasteiger partial charge in [0.05, 0.1) is 21.7 Å². The lowest BCUT2D eigenvalue weighted by Crippen LogP contribution is -2.36. The van der Waals surface area contributed by atoms with Gasteiger partial charge in [0.1, 0.15) is 5.60 Å². The number of carbonyl (C=O) groups is 1. The summed E-state index contributed by atoms with van der Waals surface area (Å²) in [7, 11) is 0. The van der Waals surface area contributed by atoms with Crippen molar-refractivity contribution >= 4 is 17.5 Å². The summed E-state index contributed by atoms with van der Waals surface area (Å²) in [6.45, 7) is 6.68. The number of hydrogen-bond acceptors (Lipinski definition) is 6. The number of amides is 1. The molecule has 1 amide bonds. The Kier molecular flexibility index (Phi) is 8.84. The third kappa shape index (κ3) is 7.96. The van der Waals surface area contributed by atoms with E-state index in [0.29, 0.717) is 16.8 Å². The van der Waals surface area contributed by atoms with Crippen molar-refractivity contribution in [3.05, 3.63) is 87.6 Å². The Morgan fingerprint density at radius 1 is 1.00 bits per heavy atom. The Morgan fingerprint density at radius 3 is 2.32 bits per heavy atom. The number of hydrogen-bond donors (Lipinski definition) is 0. The number of nitro benzene ring substituents is 1. The van der Waals surface area contributed by atoms with Crippen LogP contribution in [0.1, 0.15) is 56.7 Å². The minimum Gasteiger partial charge on any atom is -0.444 e. The van der Waals surface area contributed by atoms with Gasteiger partial charge in [-0.2, -0.15) is 13.2 Å². The first-order chi connectivity index (χ1) is 19.3. The van der Waals surface area contributed by atoms with Crippen molar-refractivity contribution in [2.45, 2.75) is 64.9 Å². The Bertz CT molecular complexity index is 1400. The van der Waals surface area contributed by atoms with Crippen molar-refractivity contribution in [1.82, 2.24) is 9.88 Å². The Balaban J connectivity index is 1.67. The standard InChI is InChI=1S/C30H33F3N4O4/c1-29(2,3)41-28(38)36(19-21-8-7-9-23(16-21)30(31,32)33)20-22-12-13-34-26(17-22)25-18-24(10-11-27(25)37(39)40)35-14-5-4-6-15-35/h7-13,16-18H,4-6,14-15,19-20H2,1-3H3. The second-order valence-corrected chi connectivity index (χ2v) is 11.1. The van der Waals surface area contributed by atoms with Crippen LogP contribution in [-0.2, 0) is 24.0 Å². The van der Waals surface area contributed by atoms with Gasteiger partial charge in [0.2, 0.25) is 0 Å². The summed E-state index contributed by atoms with van der Waals surface area (Å²) in [6.07, 6.45) is -0.483. The molecule has 0 bridgehead atoms. The maximum atomic E-state index is 13.3. The molecule has 3 aromatic rings. The molecule has 1 fully saturated rings. The van der Waals surface area contributed by atoms with Gasteiger partial charge in [-0.15, -0.1) is 0 Å². The van der Waals surface area contributed by atoms with E-state index in [2.05, 4.69) is 9.88 Å². The molecule has 218 valence electrons. The number of piperidine rings is 1. The summed E-state index contributed by atoms with van der Waals surface area (Å²) >= 11 is 0. The molecule has 2 aromatic carbocycles. The molecule has 0 saturated carbocycles. The van der Waals surface area contributed by atoms with Gasteiger partial charge in [0.15, 0.2) is 0 Å². The van der Waals surface area contributed by atoms with Crippen LogP contribution < -0.4 is 4.90 Å². The molecule has 0 unspecified atom stereocenters. The zero-order chi connectivity index (χ0) is 29.8. The SMILES string of the molecule is CC(C)(C)OC(=O)N(Cc1cccc(C(F)(F)F)c1)Cc1ccnc(-c2cc(N3CCCCC3)ccc2[N+](=O)[O-])c1. The van der Waals surface area contributed by atoms with E-state index in [-0.39, 0.29) is 24.3 Å². The van der Waals surface area contributed by atoms with E-state index in [4.69, 9.17) is 4.74 Å². The molecular weight excluding hydrogens is 537 g/mol. The smallest absolute Gasteiger partial charge is 0.416 e. The first-order valence-corrected chi connectivity index (χ1v) is 13.4. The van der Waals surface area contributed by atoms with Crippen molar-refractivity contribution < 1.29 is 27.6 Å². The molecule has 0 atom stereocenters. The summed E-state index contributed by atoms with van der Waals surface area (Å²) in [4.78, 5) is 32.5. The second kappa shape index (κ2) is 12.2. The van der Waals surface area contributed by atoms with Crippen LogP contribution in [0, 0.1) is 10.1 Å². The van der Waals surface area contributed by atoms with Crippen molar-refractivity contribution in [1.29, 1.82) is 0 Å². The van der Waals surface area contributed by atoms with Crippen molar-refractivity contribution in [3.63, 3.8) is 0 Å². The predicted molar refractivity (Wildman–Crippen MR) is 149 cm³/mol. The largest absolute Gasteiger partial charge is 0.444 e. The lowest BCUT2D eigenvalue weighted by molar-refractivity contribution is -0.384. The maximum Gasteiger partial charge on any atom is 0.416 e. The monoisotopic (exact) mass is 570 g/mol. The summed E-state index contributed by atoms with van der Waals surface area (Å²) in [5.74, 6) is 0. The number of aromatic nitrogens is 1. The van der Waals surface area contributed by atoms with Gasteiger partial charge in [-0.1, -0.05) is 12.1 Å². The third-order valence-corrected chi connectivity index (χ3v) is 6.65. The molecule has 8 nitrogen and oxygen atoms in total. The average Bonchev–Trinajstić information content (AvgIpc) is 2.92. The van der Waals surface area contributed by atoms with Gasteiger partial charge in [-0.3, -0.25) is 20.0 Å². The van der Waals surface area contributed by atoms with E-state index in [1.165, 1.54) is 29.3 Å². The molecule has 41 heavy (non-hydrogen) atoms. The first kappa shape index (κ1) is 29.8. The van der Waals surface area contributed by atoms with Crippen LogP contribution >= 0.6 is 0 Å². The summed E-state index contributed by atoms with van der Waals surface area (Å²) in [5.41, 5.74) is 0.711. The lowest BCUT2D eigenvalue weighted by atomic mass is 10.0. The van der Waals surface area contributed by atoms with Gasteiger partial charge < -0.3 is 9.64 Å². The highest BCUT2D eigenvalue weighted by molar-refractivity contribution is 5.76. The molecule has 4 rings (SSSR count). The van der Waals surface area contributed by atoms with Crippen LogP contribution in [0.5, 0.6) is 0 Å². The van der Waals surface area contributed by atoms with Crippen LogP contribution in [-0.4, -0.2) is 39.6 Å². The van der Waals surface area contributed by atoms with E-state index < -0.39 is 28.4 Å². The number of pyridine rings is 1. The minimum absolute atomic E-state index is 0.0136. The van der Waals surface area contributed by atoms with Gasteiger partial charge in [0, 0.05) is 44.1 Å². The second-order valence-electron chi connectivity index (χ2n) is 11.1. The molecule has 1 aliphatic rings. The van der Waals surface area contributed by atoms with Crippen LogP contribution in [0.3, 0.4) is 0 Å². The molecule has 0 N–H and O–H groups in total. The van der Waals surface area contributed by atoms with E-state index in [0.717, 1.165) is 50.2 Å². The van der Waals surface area contributed by atoms with Crippen molar-refractivity contribution in [3.8, 4) is 11.3 Å². The normalized spacial score (nSPS) is 14.0. The fourth-order valence-electron chi connectivity index (χ4n) is 4.76. The number of rotatable bonds is 7. The molecule has 1 saturated heterocycles. The number of alkyl halides is 3. The number of nitro groups is 1. The number of nitrogens with zero attached hydrogens (tertiary/aromatic N) is 4. The topological polar surface area (TPSA) is 88.8 Å². The predicted octanol–water partition coefficient (Wildman–Crippen LogP) is 7.60. The summed E-state index contributed by atoms with van der Waals surface area (Å²) in [6, 6.07) is 13.1.